The summed E-state index contributed by atoms with van der Waals surface area (Å²) in [7, 11) is 0. The summed E-state index contributed by atoms with van der Waals surface area (Å²) in [6, 6.07) is 1.87. The molecule has 0 bridgehead atoms. The summed E-state index contributed by atoms with van der Waals surface area (Å²) >= 11 is 5.99. The fraction of sp³-hybridized carbons (Fsp3) is 0.583. The highest BCUT2D eigenvalue weighted by atomic mass is 35.5. The zero-order valence-electron chi connectivity index (χ0n) is 9.28. The van der Waals surface area contributed by atoms with Crippen molar-refractivity contribution in [3.8, 4) is 0 Å². The summed E-state index contributed by atoms with van der Waals surface area (Å²) in [5.74, 6) is 0.356. The lowest BCUT2D eigenvalue weighted by atomic mass is 9.92. The molecule has 0 aliphatic carbocycles. The molecule has 3 heteroatoms. The Balaban J connectivity index is 2.65. The Morgan fingerprint density at radius 2 is 2.07 bits per heavy atom. The Bertz CT molecular complexity index is 299. The van der Waals surface area contributed by atoms with Gasteiger partial charge in [0.05, 0.1) is 11.1 Å². The molecule has 0 saturated carbocycles. The van der Waals surface area contributed by atoms with Crippen molar-refractivity contribution in [3.63, 3.8) is 0 Å². The Morgan fingerprint density at radius 1 is 1.40 bits per heavy atom. The van der Waals surface area contributed by atoms with Crippen LogP contribution in [0.1, 0.15) is 32.3 Å². The number of hydrogen-bond acceptors (Lipinski definition) is 2. The maximum Gasteiger partial charge on any atom is 0.0622 e. The maximum absolute atomic E-state index is 10.0. The average molecular weight is 228 g/mol. The lowest BCUT2D eigenvalue weighted by Crippen LogP contribution is -2.21. The summed E-state index contributed by atoms with van der Waals surface area (Å²) in [4.78, 5) is 3.92. The summed E-state index contributed by atoms with van der Waals surface area (Å²) < 4.78 is 0. The van der Waals surface area contributed by atoms with Crippen molar-refractivity contribution in [3.05, 3.63) is 29.0 Å². The van der Waals surface area contributed by atoms with E-state index in [1.54, 1.807) is 12.4 Å². The first-order valence-electron chi connectivity index (χ1n) is 5.45. The molecule has 1 atom stereocenters. The monoisotopic (exact) mass is 227 g/mol. The van der Waals surface area contributed by atoms with Gasteiger partial charge in [-0.05, 0) is 17.5 Å². The molecule has 1 heterocycles. The highest BCUT2D eigenvalue weighted by molar-refractivity contribution is 6.31. The number of rotatable bonds is 5. The molecule has 15 heavy (non-hydrogen) atoms. The third kappa shape index (κ3) is 3.47. The van der Waals surface area contributed by atoms with E-state index in [2.05, 4.69) is 18.8 Å². The van der Waals surface area contributed by atoms with Crippen LogP contribution in [0.25, 0.3) is 0 Å². The molecule has 0 spiro atoms. The molecule has 0 fully saturated rings. The van der Waals surface area contributed by atoms with Gasteiger partial charge in [0.2, 0.25) is 0 Å². The zero-order chi connectivity index (χ0) is 11.3. The fourth-order valence-electron chi connectivity index (χ4n) is 1.79. The number of halogens is 1. The van der Waals surface area contributed by atoms with Crippen LogP contribution in [-0.4, -0.2) is 16.2 Å². The van der Waals surface area contributed by atoms with Crippen LogP contribution in [-0.2, 0) is 6.42 Å². The van der Waals surface area contributed by atoms with Gasteiger partial charge in [-0.2, -0.15) is 0 Å². The second kappa shape index (κ2) is 6.09. The molecule has 1 N–H and O–H groups in total. The molecule has 0 amide bonds. The quantitative estimate of drug-likeness (QED) is 0.839. The van der Waals surface area contributed by atoms with Gasteiger partial charge < -0.3 is 5.11 Å². The first-order valence-corrected chi connectivity index (χ1v) is 5.83. The van der Waals surface area contributed by atoms with E-state index in [0.717, 1.165) is 18.4 Å². The summed E-state index contributed by atoms with van der Waals surface area (Å²) in [6.07, 6.45) is 5.64. The van der Waals surface area contributed by atoms with Gasteiger partial charge in [0, 0.05) is 18.8 Å². The van der Waals surface area contributed by atoms with Crippen LogP contribution in [0.3, 0.4) is 0 Å². The van der Waals surface area contributed by atoms with Crippen LogP contribution in [0.2, 0.25) is 5.02 Å². The van der Waals surface area contributed by atoms with E-state index < -0.39 is 0 Å². The number of aromatic nitrogens is 1. The number of pyridine rings is 1. The molecular weight excluding hydrogens is 210 g/mol. The lowest BCUT2D eigenvalue weighted by molar-refractivity contribution is 0.103. The van der Waals surface area contributed by atoms with Crippen molar-refractivity contribution in [2.75, 3.05) is 0 Å². The van der Waals surface area contributed by atoms with Gasteiger partial charge in [-0.15, -0.1) is 0 Å². The normalized spacial score (nSPS) is 13.1. The number of hydrogen-bond donors (Lipinski definition) is 1. The smallest absolute Gasteiger partial charge is 0.0622 e. The predicted molar refractivity (Wildman–Crippen MR) is 63.0 cm³/mol. The molecule has 2 nitrogen and oxygen atoms in total. The third-order valence-corrected chi connectivity index (χ3v) is 3.22. The second-order valence-corrected chi connectivity index (χ2v) is 4.22. The van der Waals surface area contributed by atoms with Crippen LogP contribution in [0.5, 0.6) is 0 Å². The van der Waals surface area contributed by atoms with Crippen LogP contribution >= 0.6 is 11.6 Å². The van der Waals surface area contributed by atoms with E-state index in [1.165, 1.54) is 0 Å². The fourth-order valence-corrected chi connectivity index (χ4v) is 1.99. The molecule has 1 aromatic rings. The molecule has 0 saturated heterocycles. The van der Waals surface area contributed by atoms with Crippen molar-refractivity contribution < 1.29 is 5.11 Å². The van der Waals surface area contributed by atoms with E-state index in [4.69, 9.17) is 11.6 Å². The molecule has 84 valence electrons. The third-order valence-electron chi connectivity index (χ3n) is 2.88. The Labute approximate surface area is 96.3 Å². The second-order valence-electron chi connectivity index (χ2n) is 3.82. The summed E-state index contributed by atoms with van der Waals surface area (Å²) in [5.41, 5.74) is 0.978. The van der Waals surface area contributed by atoms with Gasteiger partial charge in [0.1, 0.15) is 0 Å². The Morgan fingerprint density at radius 3 is 2.60 bits per heavy atom. The highest BCUT2D eigenvalue weighted by Crippen LogP contribution is 2.21. The topological polar surface area (TPSA) is 33.1 Å². The molecule has 1 rings (SSSR count). The highest BCUT2D eigenvalue weighted by Gasteiger charge is 2.16. The number of aliphatic hydroxyl groups is 1. The Kier molecular flexibility index (Phi) is 5.06. The standard InChI is InChI=1S/C12H18ClNO/c1-3-9(4-2)12(15)7-10-5-6-14-8-11(10)13/h5-6,8-9,12,15H,3-4,7H2,1-2H3. The van der Waals surface area contributed by atoms with Crippen molar-refractivity contribution in [2.45, 2.75) is 39.2 Å². The minimum absolute atomic E-state index is 0.306. The van der Waals surface area contributed by atoms with Crippen molar-refractivity contribution >= 4 is 11.6 Å². The molecule has 0 aliphatic rings. The predicted octanol–water partition coefficient (Wildman–Crippen LogP) is 3.07. The van der Waals surface area contributed by atoms with Gasteiger partial charge >= 0.3 is 0 Å². The van der Waals surface area contributed by atoms with Gasteiger partial charge in [-0.1, -0.05) is 38.3 Å². The zero-order valence-corrected chi connectivity index (χ0v) is 10.0. The van der Waals surface area contributed by atoms with E-state index in [9.17, 15) is 5.11 Å². The van der Waals surface area contributed by atoms with Gasteiger partial charge in [0.25, 0.3) is 0 Å². The minimum atomic E-state index is -0.306. The summed E-state index contributed by atoms with van der Waals surface area (Å²) in [5, 5.41) is 10.6. The molecular formula is C12H18ClNO. The maximum atomic E-state index is 10.0. The Hall–Kier alpha value is -0.600. The van der Waals surface area contributed by atoms with Crippen LogP contribution in [0.4, 0.5) is 0 Å². The van der Waals surface area contributed by atoms with E-state index in [-0.39, 0.29) is 6.10 Å². The first kappa shape index (κ1) is 12.5. The molecule has 1 unspecified atom stereocenters. The van der Waals surface area contributed by atoms with E-state index in [0.29, 0.717) is 17.4 Å². The first-order chi connectivity index (χ1) is 7.19. The minimum Gasteiger partial charge on any atom is -0.392 e. The number of aliphatic hydroxyl groups excluding tert-OH is 1. The largest absolute Gasteiger partial charge is 0.392 e. The average Bonchev–Trinajstić information content (AvgIpc) is 2.23. The molecule has 1 aromatic heterocycles. The van der Waals surface area contributed by atoms with Gasteiger partial charge in [0.15, 0.2) is 0 Å². The van der Waals surface area contributed by atoms with Crippen LogP contribution < -0.4 is 0 Å². The van der Waals surface area contributed by atoms with E-state index in [1.807, 2.05) is 6.07 Å². The molecule has 0 aliphatic heterocycles. The van der Waals surface area contributed by atoms with Crippen molar-refractivity contribution in [1.82, 2.24) is 4.98 Å². The lowest BCUT2D eigenvalue weighted by Gasteiger charge is -2.20. The SMILES string of the molecule is CCC(CC)C(O)Cc1ccncc1Cl. The molecule has 0 radical (unpaired) electrons. The molecule has 0 aromatic carbocycles. The van der Waals surface area contributed by atoms with Crippen LogP contribution in [0, 0.1) is 5.92 Å². The van der Waals surface area contributed by atoms with Crippen molar-refractivity contribution in [1.29, 1.82) is 0 Å². The van der Waals surface area contributed by atoms with Gasteiger partial charge in [-0.25, -0.2) is 0 Å². The van der Waals surface area contributed by atoms with Crippen LogP contribution in [0.15, 0.2) is 18.5 Å². The van der Waals surface area contributed by atoms with Gasteiger partial charge in [-0.3, -0.25) is 4.98 Å². The summed E-state index contributed by atoms with van der Waals surface area (Å²) in [6.45, 7) is 4.21. The van der Waals surface area contributed by atoms with E-state index >= 15 is 0 Å². The number of nitrogens with zero attached hydrogens (tertiary/aromatic N) is 1. The van der Waals surface area contributed by atoms with Crippen molar-refractivity contribution in [2.24, 2.45) is 5.92 Å².